The summed E-state index contributed by atoms with van der Waals surface area (Å²) in [7, 11) is 0. The minimum Gasteiger partial charge on any atom is -0.347 e. The van der Waals surface area contributed by atoms with Crippen molar-refractivity contribution in [2.75, 3.05) is 13.1 Å². The maximum Gasteiger partial charge on any atom is 0.274 e. The van der Waals surface area contributed by atoms with Crippen LogP contribution in [0, 0.1) is 0 Å². The Labute approximate surface area is 199 Å². The number of nitrogens with zero attached hydrogens (tertiary/aromatic N) is 3. The number of hydrogen-bond donors (Lipinski definition) is 1. The van der Waals surface area contributed by atoms with E-state index < -0.39 is 0 Å². The summed E-state index contributed by atoms with van der Waals surface area (Å²) in [4.78, 5) is 28.7. The van der Waals surface area contributed by atoms with E-state index in [0.717, 1.165) is 30.8 Å². The topological polar surface area (TPSA) is 67.2 Å². The minimum absolute atomic E-state index is 0.208. The van der Waals surface area contributed by atoms with E-state index in [1.807, 2.05) is 60.7 Å². The molecule has 0 bridgehead atoms. The first-order valence-corrected chi connectivity index (χ1v) is 11.7. The Morgan fingerprint density at radius 3 is 2.18 bits per heavy atom. The van der Waals surface area contributed by atoms with Gasteiger partial charge in [0.15, 0.2) is 5.69 Å². The second kappa shape index (κ2) is 10.9. The van der Waals surface area contributed by atoms with Gasteiger partial charge in [0.25, 0.3) is 11.5 Å². The molecule has 1 heterocycles. The van der Waals surface area contributed by atoms with Crippen LogP contribution in [0.15, 0.2) is 83.7 Å². The standard InChI is InChI=1S/C28H30N4O2/c1-3-31(4-2)20-23-15-9-8-14-22(23)18-29-27(33)26-24-16-10-11-17-25(24)28(34)32(30-26)19-21-12-6-5-7-13-21/h5-17H,3-4,18-20H2,1-2H3,(H,29,33). The molecule has 3 aromatic carbocycles. The van der Waals surface area contributed by atoms with Crippen LogP contribution in [-0.2, 0) is 19.6 Å². The molecule has 4 rings (SSSR count). The van der Waals surface area contributed by atoms with Gasteiger partial charge in [0, 0.05) is 18.5 Å². The van der Waals surface area contributed by atoms with Crippen molar-refractivity contribution in [1.82, 2.24) is 20.0 Å². The summed E-state index contributed by atoms with van der Waals surface area (Å²) in [5, 5.41) is 8.57. The molecule has 0 saturated heterocycles. The first kappa shape index (κ1) is 23.4. The van der Waals surface area contributed by atoms with Crippen LogP contribution in [-0.4, -0.2) is 33.7 Å². The van der Waals surface area contributed by atoms with E-state index in [9.17, 15) is 9.59 Å². The molecule has 0 atom stereocenters. The molecule has 0 saturated carbocycles. The number of benzene rings is 3. The average Bonchev–Trinajstić information content (AvgIpc) is 2.88. The van der Waals surface area contributed by atoms with Crippen molar-refractivity contribution in [3.63, 3.8) is 0 Å². The van der Waals surface area contributed by atoms with Crippen molar-refractivity contribution >= 4 is 16.7 Å². The fourth-order valence-electron chi connectivity index (χ4n) is 4.10. The number of hydrogen-bond acceptors (Lipinski definition) is 4. The van der Waals surface area contributed by atoms with Crippen molar-refractivity contribution in [3.8, 4) is 0 Å². The van der Waals surface area contributed by atoms with E-state index in [1.165, 1.54) is 10.2 Å². The summed E-state index contributed by atoms with van der Waals surface area (Å²) in [6.45, 7) is 7.76. The summed E-state index contributed by atoms with van der Waals surface area (Å²) in [5.74, 6) is -0.296. The van der Waals surface area contributed by atoms with Gasteiger partial charge in [-0.25, -0.2) is 4.68 Å². The minimum atomic E-state index is -0.296. The number of nitrogens with one attached hydrogen (secondary N) is 1. The summed E-state index contributed by atoms with van der Waals surface area (Å²) >= 11 is 0. The number of fused-ring (bicyclic) bond motifs is 1. The molecule has 0 aliphatic rings. The second-order valence-corrected chi connectivity index (χ2v) is 8.26. The van der Waals surface area contributed by atoms with Gasteiger partial charge in [-0.3, -0.25) is 14.5 Å². The molecule has 6 heteroatoms. The third-order valence-electron chi connectivity index (χ3n) is 6.10. The molecule has 1 aromatic heterocycles. The monoisotopic (exact) mass is 454 g/mol. The van der Waals surface area contributed by atoms with Crippen LogP contribution in [0.25, 0.3) is 10.8 Å². The van der Waals surface area contributed by atoms with E-state index in [4.69, 9.17) is 0 Å². The van der Waals surface area contributed by atoms with Crippen molar-refractivity contribution in [3.05, 3.63) is 112 Å². The molecular formula is C28H30N4O2. The molecule has 174 valence electrons. The number of carbonyl (C=O) groups is 1. The van der Waals surface area contributed by atoms with Gasteiger partial charge in [0.2, 0.25) is 0 Å². The SMILES string of the molecule is CCN(CC)Cc1ccccc1CNC(=O)c1nn(Cc2ccccc2)c(=O)c2ccccc12. The van der Waals surface area contributed by atoms with Gasteiger partial charge in [-0.15, -0.1) is 0 Å². The number of aromatic nitrogens is 2. The molecule has 1 N–H and O–H groups in total. The normalized spacial score (nSPS) is 11.1. The highest BCUT2D eigenvalue weighted by Crippen LogP contribution is 2.16. The summed E-state index contributed by atoms with van der Waals surface area (Å²) in [6, 6.07) is 25.0. The lowest BCUT2D eigenvalue weighted by atomic mass is 10.1. The Morgan fingerprint density at radius 1 is 0.853 bits per heavy atom. The van der Waals surface area contributed by atoms with E-state index >= 15 is 0 Å². The van der Waals surface area contributed by atoms with Crippen LogP contribution >= 0.6 is 0 Å². The fourth-order valence-corrected chi connectivity index (χ4v) is 4.10. The largest absolute Gasteiger partial charge is 0.347 e. The molecule has 1 amide bonds. The summed E-state index contributed by atoms with van der Waals surface area (Å²) < 4.78 is 1.38. The lowest BCUT2D eigenvalue weighted by Crippen LogP contribution is -2.31. The average molecular weight is 455 g/mol. The Kier molecular flexibility index (Phi) is 7.50. The third kappa shape index (κ3) is 5.24. The highest BCUT2D eigenvalue weighted by Gasteiger charge is 2.17. The fraction of sp³-hybridized carbons (Fsp3) is 0.250. The Hall–Kier alpha value is -3.77. The predicted octanol–water partition coefficient (Wildman–Crippen LogP) is 4.22. The maximum absolute atomic E-state index is 13.3. The molecule has 0 spiro atoms. The summed E-state index contributed by atoms with van der Waals surface area (Å²) in [5.41, 5.74) is 3.26. The quantitative estimate of drug-likeness (QED) is 0.411. The first-order chi connectivity index (χ1) is 16.6. The van der Waals surface area contributed by atoms with Crippen LogP contribution in [0.1, 0.15) is 41.0 Å². The second-order valence-electron chi connectivity index (χ2n) is 8.26. The molecule has 34 heavy (non-hydrogen) atoms. The molecule has 6 nitrogen and oxygen atoms in total. The molecule has 4 aromatic rings. The smallest absolute Gasteiger partial charge is 0.274 e. The van der Waals surface area contributed by atoms with Crippen LogP contribution in [0.4, 0.5) is 0 Å². The Morgan fingerprint density at radius 2 is 1.47 bits per heavy atom. The van der Waals surface area contributed by atoms with Crippen LogP contribution in [0.5, 0.6) is 0 Å². The number of rotatable bonds is 9. The van der Waals surface area contributed by atoms with Gasteiger partial charge in [0.1, 0.15) is 0 Å². The zero-order valence-electron chi connectivity index (χ0n) is 19.7. The van der Waals surface area contributed by atoms with Gasteiger partial charge in [-0.05, 0) is 35.8 Å². The van der Waals surface area contributed by atoms with E-state index in [-0.39, 0.29) is 17.2 Å². The van der Waals surface area contributed by atoms with Gasteiger partial charge < -0.3 is 5.32 Å². The van der Waals surface area contributed by atoms with E-state index in [1.54, 1.807) is 12.1 Å². The molecule has 0 aliphatic carbocycles. The van der Waals surface area contributed by atoms with E-state index in [2.05, 4.69) is 35.2 Å². The van der Waals surface area contributed by atoms with Gasteiger partial charge >= 0.3 is 0 Å². The third-order valence-corrected chi connectivity index (χ3v) is 6.10. The van der Waals surface area contributed by atoms with Crippen LogP contribution < -0.4 is 10.9 Å². The Balaban J connectivity index is 1.62. The van der Waals surface area contributed by atoms with Crippen molar-refractivity contribution in [2.24, 2.45) is 0 Å². The van der Waals surface area contributed by atoms with Crippen molar-refractivity contribution in [1.29, 1.82) is 0 Å². The van der Waals surface area contributed by atoms with Crippen molar-refractivity contribution < 1.29 is 4.79 Å². The highest BCUT2D eigenvalue weighted by atomic mass is 16.2. The predicted molar refractivity (Wildman–Crippen MR) is 136 cm³/mol. The number of amides is 1. The maximum atomic E-state index is 13.3. The molecular weight excluding hydrogens is 424 g/mol. The van der Waals surface area contributed by atoms with Gasteiger partial charge in [-0.2, -0.15) is 5.10 Å². The van der Waals surface area contributed by atoms with Crippen LogP contribution in [0.2, 0.25) is 0 Å². The summed E-state index contributed by atoms with van der Waals surface area (Å²) in [6.07, 6.45) is 0. The Bertz CT molecular complexity index is 1330. The number of carbonyl (C=O) groups excluding carboxylic acids is 1. The zero-order chi connectivity index (χ0) is 23.9. The molecule has 0 fully saturated rings. The van der Waals surface area contributed by atoms with E-state index in [0.29, 0.717) is 23.9 Å². The van der Waals surface area contributed by atoms with Gasteiger partial charge in [-0.1, -0.05) is 86.6 Å². The lowest BCUT2D eigenvalue weighted by molar-refractivity contribution is 0.0945. The van der Waals surface area contributed by atoms with Gasteiger partial charge in [0.05, 0.1) is 11.9 Å². The molecule has 0 radical (unpaired) electrons. The highest BCUT2D eigenvalue weighted by molar-refractivity contribution is 6.04. The molecule has 0 unspecified atom stereocenters. The first-order valence-electron chi connectivity index (χ1n) is 11.7. The van der Waals surface area contributed by atoms with Crippen LogP contribution in [0.3, 0.4) is 0 Å². The zero-order valence-corrected chi connectivity index (χ0v) is 19.7. The lowest BCUT2D eigenvalue weighted by Gasteiger charge is -2.20. The van der Waals surface area contributed by atoms with Crippen molar-refractivity contribution in [2.45, 2.75) is 33.5 Å². The molecule has 0 aliphatic heterocycles.